The molecule has 0 bridgehead atoms. The highest BCUT2D eigenvalue weighted by atomic mass is 32.1. The highest BCUT2D eigenvalue weighted by Crippen LogP contribution is 2.36. The van der Waals surface area contributed by atoms with Gasteiger partial charge in [0.05, 0.1) is 18.8 Å². The van der Waals surface area contributed by atoms with E-state index in [9.17, 15) is 9.59 Å². The molecule has 20 heavy (non-hydrogen) atoms. The second-order valence-corrected chi connectivity index (χ2v) is 5.95. The number of primary amides is 1. The normalized spacial score (nSPS) is 15.2. The van der Waals surface area contributed by atoms with E-state index in [1.807, 2.05) is 6.92 Å². The van der Waals surface area contributed by atoms with Gasteiger partial charge in [-0.15, -0.1) is 17.9 Å². The fraction of sp³-hybridized carbons (Fsp3) is 0.429. The summed E-state index contributed by atoms with van der Waals surface area (Å²) in [7, 11) is 0. The molecule has 2 heterocycles. The van der Waals surface area contributed by atoms with Gasteiger partial charge in [0.15, 0.2) is 0 Å². The zero-order valence-electron chi connectivity index (χ0n) is 11.4. The number of hydrogen-bond donors (Lipinski definition) is 2. The van der Waals surface area contributed by atoms with Crippen molar-refractivity contribution in [3.63, 3.8) is 0 Å². The summed E-state index contributed by atoms with van der Waals surface area (Å²) < 4.78 is 5.36. The Morgan fingerprint density at radius 1 is 1.60 bits per heavy atom. The molecule has 0 spiro atoms. The average Bonchev–Trinajstić information content (AvgIpc) is 2.75. The maximum Gasteiger partial charge on any atom is 0.251 e. The average molecular weight is 294 g/mol. The molecule has 108 valence electrons. The molecular formula is C14H18N2O3S. The van der Waals surface area contributed by atoms with E-state index in [-0.39, 0.29) is 11.8 Å². The van der Waals surface area contributed by atoms with E-state index >= 15 is 0 Å². The molecule has 3 N–H and O–H groups in total. The van der Waals surface area contributed by atoms with Crippen LogP contribution in [-0.4, -0.2) is 18.4 Å². The van der Waals surface area contributed by atoms with E-state index in [1.54, 1.807) is 6.08 Å². The van der Waals surface area contributed by atoms with Gasteiger partial charge in [-0.3, -0.25) is 9.59 Å². The van der Waals surface area contributed by atoms with Crippen LogP contribution in [0.15, 0.2) is 12.7 Å². The van der Waals surface area contributed by atoms with Crippen molar-refractivity contribution < 1.29 is 14.3 Å². The zero-order chi connectivity index (χ0) is 14.7. The number of anilines is 1. The van der Waals surface area contributed by atoms with Gasteiger partial charge in [-0.1, -0.05) is 13.0 Å². The third-order valence-electron chi connectivity index (χ3n) is 3.23. The third-order valence-corrected chi connectivity index (χ3v) is 4.35. The molecule has 0 aromatic carbocycles. The first-order valence-electron chi connectivity index (χ1n) is 6.47. The van der Waals surface area contributed by atoms with Crippen molar-refractivity contribution in [2.24, 2.45) is 11.7 Å². The van der Waals surface area contributed by atoms with E-state index in [1.165, 1.54) is 11.3 Å². The molecule has 6 heteroatoms. The van der Waals surface area contributed by atoms with Crippen LogP contribution in [0.5, 0.6) is 0 Å². The summed E-state index contributed by atoms with van der Waals surface area (Å²) in [5.74, 6) is -0.555. The standard InChI is InChI=1S/C14H18N2O3S/c1-3-8(2)6-11(17)16-14-12(13(15)18)9-4-5-19-7-10(9)20-14/h3,8H,1,4-7H2,2H3,(H2,15,18)(H,16,17). The molecular weight excluding hydrogens is 276 g/mol. The number of fused-ring (bicyclic) bond motifs is 1. The van der Waals surface area contributed by atoms with Crippen molar-refractivity contribution in [1.82, 2.24) is 0 Å². The number of hydrogen-bond acceptors (Lipinski definition) is 4. The lowest BCUT2D eigenvalue weighted by molar-refractivity contribution is -0.116. The van der Waals surface area contributed by atoms with E-state index in [0.29, 0.717) is 36.6 Å². The van der Waals surface area contributed by atoms with Crippen molar-refractivity contribution in [3.05, 3.63) is 28.7 Å². The minimum Gasteiger partial charge on any atom is -0.376 e. The van der Waals surface area contributed by atoms with Crippen molar-refractivity contribution in [2.45, 2.75) is 26.4 Å². The summed E-state index contributed by atoms with van der Waals surface area (Å²) in [4.78, 5) is 24.5. The van der Waals surface area contributed by atoms with Crippen LogP contribution in [0.3, 0.4) is 0 Å². The van der Waals surface area contributed by atoms with Gasteiger partial charge in [-0.2, -0.15) is 0 Å². The summed E-state index contributed by atoms with van der Waals surface area (Å²) in [5.41, 5.74) is 6.80. The minimum atomic E-state index is -0.503. The van der Waals surface area contributed by atoms with Gasteiger partial charge in [0.25, 0.3) is 5.91 Å². The largest absolute Gasteiger partial charge is 0.376 e. The van der Waals surface area contributed by atoms with Crippen LogP contribution < -0.4 is 11.1 Å². The van der Waals surface area contributed by atoms with Gasteiger partial charge in [0, 0.05) is 11.3 Å². The Kier molecular flexibility index (Phi) is 4.57. The highest BCUT2D eigenvalue weighted by Gasteiger charge is 2.25. The van der Waals surface area contributed by atoms with Crippen molar-refractivity contribution >= 4 is 28.2 Å². The maximum absolute atomic E-state index is 11.9. The molecule has 0 radical (unpaired) electrons. The van der Waals surface area contributed by atoms with Crippen molar-refractivity contribution in [2.75, 3.05) is 11.9 Å². The number of allylic oxidation sites excluding steroid dienone is 1. The van der Waals surface area contributed by atoms with Gasteiger partial charge in [-0.25, -0.2) is 0 Å². The number of rotatable bonds is 5. The van der Waals surface area contributed by atoms with Crippen molar-refractivity contribution in [1.29, 1.82) is 0 Å². The van der Waals surface area contributed by atoms with Crippen LogP contribution in [0, 0.1) is 5.92 Å². The van der Waals surface area contributed by atoms with Gasteiger partial charge >= 0.3 is 0 Å². The SMILES string of the molecule is C=CC(C)CC(=O)Nc1sc2c(c1C(N)=O)CCOC2. The molecule has 1 aliphatic rings. The molecule has 2 amide bonds. The number of ether oxygens (including phenoxy) is 1. The number of carbonyl (C=O) groups is 2. The maximum atomic E-state index is 11.9. The molecule has 1 aliphatic heterocycles. The third kappa shape index (κ3) is 3.08. The molecule has 1 aromatic rings. The summed E-state index contributed by atoms with van der Waals surface area (Å²) in [5, 5.41) is 3.33. The van der Waals surface area contributed by atoms with Gasteiger partial charge in [0.1, 0.15) is 5.00 Å². The monoisotopic (exact) mass is 294 g/mol. The Labute approximate surface area is 121 Å². The molecule has 1 aromatic heterocycles. The van der Waals surface area contributed by atoms with Gasteiger partial charge in [-0.05, 0) is 17.9 Å². The lowest BCUT2D eigenvalue weighted by Crippen LogP contribution is -2.20. The Bertz CT molecular complexity index is 551. The Hall–Kier alpha value is -1.66. The minimum absolute atomic E-state index is 0.0879. The second kappa shape index (κ2) is 6.19. The number of nitrogens with two attached hydrogens (primary N) is 1. The summed E-state index contributed by atoms with van der Waals surface area (Å²) in [6, 6.07) is 0. The second-order valence-electron chi connectivity index (χ2n) is 4.84. The molecule has 2 rings (SSSR count). The first-order chi connectivity index (χ1) is 9.52. The Morgan fingerprint density at radius 2 is 2.35 bits per heavy atom. The Balaban J connectivity index is 2.23. The predicted molar refractivity (Wildman–Crippen MR) is 78.8 cm³/mol. The number of nitrogens with one attached hydrogen (secondary N) is 1. The molecule has 0 fully saturated rings. The quantitative estimate of drug-likeness (QED) is 0.816. The topological polar surface area (TPSA) is 81.4 Å². The Morgan fingerprint density at radius 3 is 3.00 bits per heavy atom. The fourth-order valence-electron chi connectivity index (χ4n) is 2.13. The van der Waals surface area contributed by atoms with Crippen molar-refractivity contribution in [3.8, 4) is 0 Å². The lowest BCUT2D eigenvalue weighted by Gasteiger charge is -2.12. The van der Waals surface area contributed by atoms with Crippen LogP contribution in [0.4, 0.5) is 5.00 Å². The molecule has 0 saturated carbocycles. The van der Waals surface area contributed by atoms with E-state index in [0.717, 1.165) is 10.4 Å². The predicted octanol–water partition coefficient (Wildman–Crippen LogP) is 2.07. The smallest absolute Gasteiger partial charge is 0.251 e. The molecule has 1 unspecified atom stereocenters. The fourth-order valence-corrected chi connectivity index (χ4v) is 3.34. The van der Waals surface area contributed by atoms with Crippen LogP contribution in [-0.2, 0) is 22.6 Å². The van der Waals surface area contributed by atoms with E-state index < -0.39 is 5.91 Å². The van der Waals surface area contributed by atoms with E-state index in [2.05, 4.69) is 11.9 Å². The number of amides is 2. The first-order valence-corrected chi connectivity index (χ1v) is 7.29. The zero-order valence-corrected chi connectivity index (χ0v) is 12.2. The van der Waals surface area contributed by atoms with Crippen LogP contribution in [0.25, 0.3) is 0 Å². The van der Waals surface area contributed by atoms with Crippen LogP contribution in [0.2, 0.25) is 0 Å². The number of thiophene rings is 1. The summed E-state index contributed by atoms with van der Waals surface area (Å²) >= 11 is 1.37. The van der Waals surface area contributed by atoms with Gasteiger partial charge < -0.3 is 15.8 Å². The summed E-state index contributed by atoms with van der Waals surface area (Å²) in [6.45, 7) is 6.61. The molecule has 0 aliphatic carbocycles. The first kappa shape index (κ1) is 14.7. The molecule has 5 nitrogen and oxygen atoms in total. The van der Waals surface area contributed by atoms with Crippen LogP contribution >= 0.6 is 11.3 Å². The van der Waals surface area contributed by atoms with E-state index in [4.69, 9.17) is 10.5 Å². The molecule has 0 saturated heterocycles. The molecule has 1 atom stereocenters. The summed E-state index contributed by atoms with van der Waals surface area (Å²) in [6.07, 6.45) is 2.71. The lowest BCUT2D eigenvalue weighted by atomic mass is 10.0. The number of carbonyl (C=O) groups excluding carboxylic acids is 2. The van der Waals surface area contributed by atoms with Crippen LogP contribution in [0.1, 0.15) is 34.1 Å². The highest BCUT2D eigenvalue weighted by molar-refractivity contribution is 7.17. The van der Waals surface area contributed by atoms with Gasteiger partial charge in [0.2, 0.25) is 5.91 Å².